The summed E-state index contributed by atoms with van der Waals surface area (Å²) in [6.45, 7) is 2.10. The second-order valence-corrected chi connectivity index (χ2v) is 7.33. The fourth-order valence-corrected chi connectivity index (χ4v) is 3.87. The van der Waals surface area contributed by atoms with Crippen LogP contribution in [0.25, 0.3) is 28.0 Å². The van der Waals surface area contributed by atoms with Crippen molar-refractivity contribution >= 4 is 23.3 Å². The minimum Gasteiger partial charge on any atom is -0.496 e. The van der Waals surface area contributed by atoms with E-state index in [1.54, 1.807) is 55.5 Å². The zero-order chi connectivity index (χ0) is 23.8. The van der Waals surface area contributed by atoms with E-state index in [-0.39, 0.29) is 16.1 Å². The van der Waals surface area contributed by atoms with Gasteiger partial charge in [0.2, 0.25) is 0 Å². The Labute approximate surface area is 191 Å². The highest BCUT2D eigenvalue weighted by Gasteiger charge is 2.36. The lowest BCUT2D eigenvalue weighted by Crippen LogP contribution is -2.20. The molecule has 0 bridgehead atoms. The number of pyridine rings is 1. The van der Waals surface area contributed by atoms with E-state index < -0.39 is 22.7 Å². The molecule has 0 amide bonds. The van der Waals surface area contributed by atoms with Gasteiger partial charge in [-0.3, -0.25) is 14.3 Å². The van der Waals surface area contributed by atoms with Crippen molar-refractivity contribution in [2.75, 3.05) is 13.7 Å². The molecule has 0 radical (unpaired) electrons. The fraction of sp³-hybridized carbons (Fsp3) is 0.174. The summed E-state index contributed by atoms with van der Waals surface area (Å²) < 4.78 is 54.5. The maximum Gasteiger partial charge on any atom is 0.417 e. The summed E-state index contributed by atoms with van der Waals surface area (Å²) in [4.78, 5) is 19.5. The molecule has 2 aromatic heterocycles. The van der Waals surface area contributed by atoms with Crippen LogP contribution in [0.5, 0.6) is 11.5 Å². The second-order valence-electron chi connectivity index (χ2n) is 6.95. The molecule has 0 unspecified atom stereocenters. The number of benzene rings is 2. The molecular formula is C23H18F3N3O3S. The van der Waals surface area contributed by atoms with Gasteiger partial charge < -0.3 is 9.47 Å². The van der Waals surface area contributed by atoms with Crippen LogP contribution in [0.2, 0.25) is 0 Å². The van der Waals surface area contributed by atoms with Gasteiger partial charge in [-0.2, -0.15) is 13.2 Å². The van der Waals surface area contributed by atoms with Gasteiger partial charge in [-0.1, -0.05) is 24.3 Å². The minimum atomic E-state index is -4.83. The first kappa shape index (κ1) is 22.5. The number of H-pyrrole nitrogens is 1. The van der Waals surface area contributed by atoms with Crippen molar-refractivity contribution in [2.45, 2.75) is 13.1 Å². The summed E-state index contributed by atoms with van der Waals surface area (Å²) in [5.41, 5.74) is -1.69. The van der Waals surface area contributed by atoms with Crippen molar-refractivity contribution in [3.8, 4) is 28.4 Å². The van der Waals surface area contributed by atoms with E-state index in [1.807, 2.05) is 0 Å². The average Bonchev–Trinajstić information content (AvgIpc) is 2.79. The first-order valence-corrected chi connectivity index (χ1v) is 10.3. The Morgan fingerprint density at radius 3 is 2.42 bits per heavy atom. The molecule has 6 nitrogen and oxygen atoms in total. The third-order valence-electron chi connectivity index (χ3n) is 4.96. The standard InChI is InChI=1S/C23H18F3N3O3S/c1-3-32-18-11-7-5-9-16(18)29-20-19(21(30)28-22(29)33)14(23(24,25)26)12-15(27-20)13-8-4-6-10-17(13)31-2/h4-12H,3H2,1-2H3,(H,28,30,33). The minimum absolute atomic E-state index is 0.0186. The Morgan fingerprint density at radius 2 is 1.76 bits per heavy atom. The molecule has 10 heteroatoms. The molecule has 0 fully saturated rings. The van der Waals surface area contributed by atoms with E-state index in [0.29, 0.717) is 29.4 Å². The van der Waals surface area contributed by atoms with Crippen molar-refractivity contribution in [2.24, 2.45) is 0 Å². The second kappa shape index (κ2) is 8.70. The monoisotopic (exact) mass is 473 g/mol. The predicted octanol–water partition coefficient (Wildman–Crippen LogP) is 5.54. The Bertz CT molecular complexity index is 1460. The zero-order valence-corrected chi connectivity index (χ0v) is 18.4. The van der Waals surface area contributed by atoms with Crippen LogP contribution < -0.4 is 15.0 Å². The van der Waals surface area contributed by atoms with Crippen molar-refractivity contribution in [1.82, 2.24) is 14.5 Å². The summed E-state index contributed by atoms with van der Waals surface area (Å²) in [6.07, 6.45) is -4.83. The quantitative estimate of drug-likeness (QED) is 0.386. The Hall–Kier alpha value is -3.66. The summed E-state index contributed by atoms with van der Waals surface area (Å²) in [7, 11) is 1.41. The zero-order valence-electron chi connectivity index (χ0n) is 17.6. The fourth-order valence-electron chi connectivity index (χ4n) is 3.59. The molecule has 33 heavy (non-hydrogen) atoms. The normalized spacial score (nSPS) is 11.5. The van der Waals surface area contributed by atoms with Crippen LogP contribution in [0, 0.1) is 4.77 Å². The number of aromatic amines is 1. The highest BCUT2D eigenvalue weighted by molar-refractivity contribution is 7.71. The van der Waals surface area contributed by atoms with Crippen LogP contribution in [0.3, 0.4) is 0 Å². The molecule has 0 aliphatic carbocycles. The molecule has 0 saturated heterocycles. The van der Waals surface area contributed by atoms with E-state index in [2.05, 4.69) is 9.97 Å². The first-order valence-electron chi connectivity index (χ1n) is 9.89. The molecular weight excluding hydrogens is 455 g/mol. The number of nitrogens with zero attached hydrogens (tertiary/aromatic N) is 2. The summed E-state index contributed by atoms with van der Waals surface area (Å²) in [6, 6.07) is 14.1. The van der Waals surface area contributed by atoms with Gasteiger partial charge in [-0.25, -0.2) is 4.98 Å². The first-order chi connectivity index (χ1) is 15.8. The molecule has 0 aliphatic rings. The number of nitrogens with one attached hydrogen (secondary N) is 1. The number of halogens is 3. The van der Waals surface area contributed by atoms with E-state index >= 15 is 0 Å². The van der Waals surface area contributed by atoms with Crippen LogP contribution >= 0.6 is 12.2 Å². The molecule has 0 spiro atoms. The van der Waals surface area contributed by atoms with Crippen molar-refractivity contribution < 1.29 is 22.6 Å². The lowest BCUT2D eigenvalue weighted by Gasteiger charge is -2.18. The number of rotatable bonds is 5. The molecule has 0 aliphatic heterocycles. The molecule has 0 atom stereocenters. The topological polar surface area (TPSA) is 69.1 Å². The molecule has 0 saturated carbocycles. The highest BCUT2D eigenvalue weighted by atomic mass is 32.1. The number of methoxy groups -OCH3 is 1. The van der Waals surface area contributed by atoms with Crippen LogP contribution in [0.1, 0.15) is 12.5 Å². The summed E-state index contributed by atoms with van der Waals surface area (Å²) in [5.74, 6) is 0.713. The van der Waals surface area contributed by atoms with Gasteiger partial charge in [0.05, 0.1) is 36.0 Å². The van der Waals surface area contributed by atoms with Gasteiger partial charge in [-0.15, -0.1) is 0 Å². The van der Waals surface area contributed by atoms with Crippen LogP contribution in [-0.4, -0.2) is 28.3 Å². The van der Waals surface area contributed by atoms with Crippen molar-refractivity contribution in [1.29, 1.82) is 0 Å². The lowest BCUT2D eigenvalue weighted by molar-refractivity contribution is -0.136. The SMILES string of the molecule is CCOc1ccccc1-n1c(=S)[nH]c(=O)c2c(C(F)(F)F)cc(-c3ccccc3OC)nc21. The third-order valence-corrected chi connectivity index (χ3v) is 5.24. The maximum atomic E-state index is 14.1. The van der Waals surface area contributed by atoms with E-state index in [9.17, 15) is 18.0 Å². The number of aromatic nitrogens is 3. The highest BCUT2D eigenvalue weighted by Crippen LogP contribution is 2.38. The predicted molar refractivity (Wildman–Crippen MR) is 121 cm³/mol. The van der Waals surface area contributed by atoms with Crippen LogP contribution in [0.15, 0.2) is 59.4 Å². The van der Waals surface area contributed by atoms with Crippen molar-refractivity contribution in [3.63, 3.8) is 0 Å². The molecule has 170 valence electrons. The summed E-state index contributed by atoms with van der Waals surface area (Å²) in [5, 5.41) is -0.624. The van der Waals surface area contributed by atoms with E-state index in [0.717, 1.165) is 6.07 Å². The maximum absolute atomic E-state index is 14.1. The number of para-hydroxylation sites is 3. The van der Waals surface area contributed by atoms with Crippen molar-refractivity contribution in [3.05, 3.63) is 75.3 Å². The summed E-state index contributed by atoms with van der Waals surface area (Å²) >= 11 is 5.34. The third kappa shape index (κ3) is 4.09. The Morgan fingerprint density at radius 1 is 1.09 bits per heavy atom. The van der Waals surface area contributed by atoms with E-state index in [4.69, 9.17) is 21.7 Å². The Kier molecular flexibility index (Phi) is 5.94. The average molecular weight is 473 g/mol. The molecule has 1 N–H and O–H groups in total. The van der Waals surface area contributed by atoms with Gasteiger partial charge in [0.1, 0.15) is 11.5 Å². The lowest BCUT2D eigenvalue weighted by atomic mass is 10.0. The molecule has 4 rings (SSSR count). The number of hydrogen-bond acceptors (Lipinski definition) is 5. The van der Waals surface area contributed by atoms with Crippen LogP contribution in [0.4, 0.5) is 13.2 Å². The van der Waals surface area contributed by atoms with Crippen LogP contribution in [-0.2, 0) is 6.18 Å². The number of ether oxygens (including phenoxy) is 2. The smallest absolute Gasteiger partial charge is 0.417 e. The largest absolute Gasteiger partial charge is 0.496 e. The molecule has 4 aromatic rings. The molecule has 2 aromatic carbocycles. The number of fused-ring (bicyclic) bond motifs is 1. The molecule has 2 heterocycles. The van der Waals surface area contributed by atoms with Gasteiger partial charge in [0.15, 0.2) is 10.4 Å². The number of hydrogen-bond donors (Lipinski definition) is 1. The number of alkyl halides is 3. The van der Waals surface area contributed by atoms with Gasteiger partial charge in [0.25, 0.3) is 5.56 Å². The Balaban J connectivity index is 2.20. The van der Waals surface area contributed by atoms with Gasteiger partial charge in [0, 0.05) is 5.56 Å². The van der Waals surface area contributed by atoms with E-state index in [1.165, 1.54) is 11.7 Å². The van der Waals surface area contributed by atoms with Gasteiger partial charge >= 0.3 is 6.18 Å². The van der Waals surface area contributed by atoms with Gasteiger partial charge in [-0.05, 0) is 49.5 Å².